The summed E-state index contributed by atoms with van der Waals surface area (Å²) in [5, 5.41) is 7.95. The Morgan fingerprint density at radius 3 is 2.31 bits per heavy atom. The summed E-state index contributed by atoms with van der Waals surface area (Å²) in [6.07, 6.45) is 3.17. The van der Waals surface area contributed by atoms with E-state index in [2.05, 4.69) is 5.32 Å². The van der Waals surface area contributed by atoms with Crippen molar-refractivity contribution in [3.05, 3.63) is 108 Å². The number of anilines is 1. The van der Waals surface area contributed by atoms with Crippen LogP contribution in [0.2, 0.25) is 0 Å². The Bertz CT molecular complexity index is 1260. The highest BCUT2D eigenvalue weighted by molar-refractivity contribution is 5.94. The number of aromatic nitrogens is 2. The molecule has 32 heavy (non-hydrogen) atoms. The first kappa shape index (κ1) is 19.6. The lowest BCUT2D eigenvalue weighted by molar-refractivity contribution is -0.139. The molecular weight excluding hydrogens is 402 g/mol. The third kappa shape index (κ3) is 3.86. The first-order valence-electron chi connectivity index (χ1n) is 10.3. The van der Waals surface area contributed by atoms with Gasteiger partial charge < -0.3 is 14.8 Å². The van der Waals surface area contributed by atoms with E-state index in [0.717, 1.165) is 33.9 Å². The first-order valence-corrected chi connectivity index (χ1v) is 10.3. The lowest BCUT2D eigenvalue weighted by Crippen LogP contribution is -2.08. The highest BCUT2D eigenvalue weighted by Crippen LogP contribution is 2.35. The number of nitrogens with zero attached hydrogens (tertiary/aromatic N) is 2. The largest absolute Gasteiger partial charge is 0.497 e. The summed E-state index contributed by atoms with van der Waals surface area (Å²) in [5.41, 5.74) is 4.65. The van der Waals surface area contributed by atoms with Gasteiger partial charge in [-0.15, -0.1) is 0 Å². The fourth-order valence-corrected chi connectivity index (χ4v) is 3.64. The molecule has 1 N–H and O–H groups in total. The van der Waals surface area contributed by atoms with Gasteiger partial charge in [0.15, 0.2) is 6.10 Å². The highest BCUT2D eigenvalue weighted by atomic mass is 16.5. The van der Waals surface area contributed by atoms with E-state index in [4.69, 9.17) is 14.6 Å². The maximum absolute atomic E-state index is 12.6. The number of ether oxygens (including phenoxy) is 2. The molecule has 0 saturated heterocycles. The van der Waals surface area contributed by atoms with Crippen LogP contribution in [0.15, 0.2) is 103 Å². The third-order valence-corrected chi connectivity index (χ3v) is 5.26. The number of rotatable bonds is 6. The van der Waals surface area contributed by atoms with E-state index in [1.165, 1.54) is 0 Å². The van der Waals surface area contributed by atoms with Crippen molar-refractivity contribution in [1.29, 1.82) is 0 Å². The average molecular weight is 423 g/mol. The number of hydrogen-bond acceptors (Lipinski definition) is 5. The summed E-state index contributed by atoms with van der Waals surface area (Å²) in [6, 6.07) is 27.1. The zero-order valence-electron chi connectivity index (χ0n) is 17.4. The summed E-state index contributed by atoms with van der Waals surface area (Å²) in [4.78, 5) is 12.6. The van der Waals surface area contributed by atoms with Gasteiger partial charge in [-0.25, -0.2) is 9.48 Å². The fraction of sp³-hybridized carbons (Fsp3) is 0.0769. The second kappa shape index (κ2) is 8.43. The number of hydrogen-bond donors (Lipinski definition) is 1. The monoisotopic (exact) mass is 423 g/mol. The van der Waals surface area contributed by atoms with Crippen LogP contribution in [-0.4, -0.2) is 22.9 Å². The number of nitrogens with one attached hydrogen (secondary N) is 1. The van der Waals surface area contributed by atoms with Gasteiger partial charge in [0.1, 0.15) is 11.4 Å². The molecule has 1 aromatic heterocycles. The number of esters is 1. The van der Waals surface area contributed by atoms with Gasteiger partial charge in [-0.3, -0.25) is 0 Å². The zero-order chi connectivity index (χ0) is 21.9. The van der Waals surface area contributed by atoms with E-state index in [1.807, 2.05) is 95.8 Å². The quantitative estimate of drug-likeness (QED) is 0.435. The van der Waals surface area contributed by atoms with Gasteiger partial charge in [0.05, 0.1) is 18.5 Å². The molecule has 0 spiro atoms. The van der Waals surface area contributed by atoms with Gasteiger partial charge in [0, 0.05) is 23.0 Å². The minimum Gasteiger partial charge on any atom is -0.497 e. The van der Waals surface area contributed by atoms with Gasteiger partial charge in [-0.1, -0.05) is 48.5 Å². The molecule has 1 unspecified atom stereocenters. The topological polar surface area (TPSA) is 65.4 Å². The number of carbonyl (C=O) groups excluding carboxylic acids is 1. The normalized spacial score (nSPS) is 15.2. The van der Waals surface area contributed by atoms with Crippen LogP contribution in [0.3, 0.4) is 0 Å². The SMILES string of the molecule is COc1ccc(NC2=CC(c3cn(-c4ccccc4)nc3-c3ccccc3)OC2=O)cc1. The van der Waals surface area contributed by atoms with Crippen LogP contribution in [0.1, 0.15) is 11.7 Å². The predicted octanol–water partition coefficient (Wildman–Crippen LogP) is 5.14. The van der Waals surface area contributed by atoms with Crippen molar-refractivity contribution in [2.24, 2.45) is 0 Å². The number of benzene rings is 3. The molecule has 0 fully saturated rings. The van der Waals surface area contributed by atoms with Crippen molar-refractivity contribution in [3.63, 3.8) is 0 Å². The van der Waals surface area contributed by atoms with Crippen LogP contribution in [0.25, 0.3) is 16.9 Å². The van der Waals surface area contributed by atoms with Crippen molar-refractivity contribution in [1.82, 2.24) is 9.78 Å². The molecule has 158 valence electrons. The van der Waals surface area contributed by atoms with Crippen molar-refractivity contribution in [2.45, 2.75) is 6.10 Å². The summed E-state index contributed by atoms with van der Waals surface area (Å²) in [6.45, 7) is 0. The summed E-state index contributed by atoms with van der Waals surface area (Å²) in [7, 11) is 1.61. The summed E-state index contributed by atoms with van der Waals surface area (Å²) >= 11 is 0. The summed E-state index contributed by atoms with van der Waals surface area (Å²) in [5.74, 6) is 0.342. The molecule has 0 bridgehead atoms. The molecule has 5 rings (SSSR count). The molecule has 2 heterocycles. The molecule has 0 radical (unpaired) electrons. The van der Waals surface area contributed by atoms with Gasteiger partial charge >= 0.3 is 5.97 Å². The molecule has 3 aromatic carbocycles. The lowest BCUT2D eigenvalue weighted by Gasteiger charge is -2.08. The first-order chi connectivity index (χ1) is 15.7. The second-order valence-electron chi connectivity index (χ2n) is 7.34. The van der Waals surface area contributed by atoms with Crippen LogP contribution in [0, 0.1) is 0 Å². The Labute approximate surface area is 185 Å². The Kier molecular flexibility index (Phi) is 5.17. The standard InChI is InChI=1S/C26H21N3O3/c1-31-21-14-12-19(13-15-21)27-23-16-24(32-26(23)30)22-17-29(20-10-6-3-7-11-20)28-25(22)18-8-4-2-5-9-18/h2-17,24,27H,1H3. The second-order valence-corrected chi connectivity index (χ2v) is 7.34. The minimum atomic E-state index is -0.545. The summed E-state index contributed by atoms with van der Waals surface area (Å²) < 4.78 is 12.7. The molecule has 4 aromatic rings. The van der Waals surface area contributed by atoms with Crippen LogP contribution in [0.5, 0.6) is 5.75 Å². The van der Waals surface area contributed by atoms with Gasteiger partial charge in [0.25, 0.3) is 0 Å². The van der Waals surface area contributed by atoms with E-state index < -0.39 is 12.1 Å². The van der Waals surface area contributed by atoms with Crippen molar-refractivity contribution in [2.75, 3.05) is 12.4 Å². The van der Waals surface area contributed by atoms with E-state index in [0.29, 0.717) is 5.70 Å². The number of cyclic esters (lactones) is 1. The van der Waals surface area contributed by atoms with Crippen LogP contribution < -0.4 is 10.1 Å². The molecule has 1 aliphatic rings. The maximum Gasteiger partial charge on any atom is 0.355 e. The Balaban J connectivity index is 1.50. The molecule has 0 aliphatic carbocycles. The Morgan fingerprint density at radius 1 is 0.938 bits per heavy atom. The van der Waals surface area contributed by atoms with E-state index in [9.17, 15) is 4.79 Å². The van der Waals surface area contributed by atoms with Crippen molar-refractivity contribution < 1.29 is 14.3 Å². The predicted molar refractivity (Wildman–Crippen MR) is 123 cm³/mol. The molecule has 1 aliphatic heterocycles. The Hall–Kier alpha value is -4.32. The average Bonchev–Trinajstić information content (AvgIpc) is 3.45. The van der Waals surface area contributed by atoms with Crippen LogP contribution in [-0.2, 0) is 9.53 Å². The van der Waals surface area contributed by atoms with E-state index in [1.54, 1.807) is 13.2 Å². The molecule has 6 nitrogen and oxygen atoms in total. The lowest BCUT2D eigenvalue weighted by atomic mass is 10.0. The number of carbonyl (C=O) groups is 1. The van der Waals surface area contributed by atoms with Crippen molar-refractivity contribution in [3.8, 4) is 22.7 Å². The highest BCUT2D eigenvalue weighted by Gasteiger charge is 2.30. The molecular formula is C26H21N3O3. The van der Waals surface area contributed by atoms with E-state index in [-0.39, 0.29) is 0 Å². The molecule has 6 heteroatoms. The molecule has 0 amide bonds. The van der Waals surface area contributed by atoms with Crippen LogP contribution >= 0.6 is 0 Å². The fourth-order valence-electron chi connectivity index (χ4n) is 3.64. The van der Waals surface area contributed by atoms with Gasteiger partial charge in [-0.2, -0.15) is 5.10 Å². The van der Waals surface area contributed by atoms with Gasteiger partial charge in [0.2, 0.25) is 0 Å². The van der Waals surface area contributed by atoms with Crippen molar-refractivity contribution >= 4 is 11.7 Å². The molecule has 1 atom stereocenters. The Morgan fingerprint density at radius 2 is 1.62 bits per heavy atom. The third-order valence-electron chi connectivity index (χ3n) is 5.26. The van der Waals surface area contributed by atoms with Gasteiger partial charge in [-0.05, 0) is 42.5 Å². The smallest absolute Gasteiger partial charge is 0.355 e. The molecule has 0 saturated carbocycles. The zero-order valence-corrected chi connectivity index (χ0v) is 17.4. The van der Waals surface area contributed by atoms with Crippen LogP contribution in [0.4, 0.5) is 5.69 Å². The minimum absolute atomic E-state index is 0.395. The van der Waals surface area contributed by atoms with E-state index >= 15 is 0 Å². The number of methoxy groups -OCH3 is 1. The maximum atomic E-state index is 12.6. The number of para-hydroxylation sites is 1.